The van der Waals surface area contributed by atoms with Crippen molar-refractivity contribution in [1.29, 1.82) is 0 Å². The van der Waals surface area contributed by atoms with Gasteiger partial charge in [0.15, 0.2) is 5.82 Å². The molecular formula is C11H21N5O. The zero-order valence-corrected chi connectivity index (χ0v) is 10.8. The second-order valence-corrected chi connectivity index (χ2v) is 5.51. The van der Waals surface area contributed by atoms with E-state index in [1.165, 1.54) is 0 Å². The fourth-order valence-corrected chi connectivity index (χ4v) is 1.87. The molecule has 1 atom stereocenters. The Kier molecular flexibility index (Phi) is 3.73. The maximum absolute atomic E-state index is 5.47. The summed E-state index contributed by atoms with van der Waals surface area (Å²) >= 11 is 0. The zero-order valence-electron chi connectivity index (χ0n) is 10.8. The molecule has 1 aliphatic heterocycles. The molecule has 2 heterocycles. The van der Waals surface area contributed by atoms with Crippen molar-refractivity contribution in [1.82, 2.24) is 25.5 Å². The molecule has 1 unspecified atom stereocenters. The van der Waals surface area contributed by atoms with Crippen molar-refractivity contribution in [2.45, 2.75) is 51.7 Å². The molecule has 0 radical (unpaired) electrons. The topological polar surface area (TPSA) is 64.9 Å². The minimum Gasteiger partial charge on any atom is -0.379 e. The predicted octanol–water partition coefficient (Wildman–Crippen LogP) is 0.913. The van der Waals surface area contributed by atoms with Gasteiger partial charge in [0.2, 0.25) is 0 Å². The van der Waals surface area contributed by atoms with Crippen LogP contribution in [0.2, 0.25) is 0 Å². The van der Waals surface area contributed by atoms with E-state index in [4.69, 9.17) is 4.74 Å². The van der Waals surface area contributed by atoms with Gasteiger partial charge in [-0.15, -0.1) is 5.10 Å². The van der Waals surface area contributed by atoms with Gasteiger partial charge in [0, 0.05) is 12.1 Å². The molecule has 0 saturated carbocycles. The monoisotopic (exact) mass is 239 g/mol. The molecule has 1 fully saturated rings. The Balaban J connectivity index is 2.00. The summed E-state index contributed by atoms with van der Waals surface area (Å²) in [5, 5.41) is 15.3. The van der Waals surface area contributed by atoms with E-state index in [-0.39, 0.29) is 11.6 Å². The highest BCUT2D eigenvalue weighted by molar-refractivity contribution is 4.87. The molecule has 1 saturated heterocycles. The van der Waals surface area contributed by atoms with Crippen LogP contribution in [-0.4, -0.2) is 39.0 Å². The summed E-state index contributed by atoms with van der Waals surface area (Å²) in [7, 11) is 0. The zero-order chi connectivity index (χ0) is 12.3. The van der Waals surface area contributed by atoms with Crippen LogP contribution < -0.4 is 5.32 Å². The lowest BCUT2D eigenvalue weighted by Crippen LogP contribution is -2.36. The number of ether oxygens (including phenoxy) is 1. The van der Waals surface area contributed by atoms with Gasteiger partial charge in [-0.25, -0.2) is 4.68 Å². The summed E-state index contributed by atoms with van der Waals surface area (Å²) in [6.45, 7) is 8.65. The number of hydrogen-bond acceptors (Lipinski definition) is 5. The summed E-state index contributed by atoms with van der Waals surface area (Å²) in [6.07, 6.45) is 2.17. The van der Waals surface area contributed by atoms with Crippen molar-refractivity contribution in [3.05, 3.63) is 5.82 Å². The largest absolute Gasteiger partial charge is 0.379 e. The number of hydrogen-bond donors (Lipinski definition) is 1. The van der Waals surface area contributed by atoms with Crippen LogP contribution in [0.25, 0.3) is 0 Å². The van der Waals surface area contributed by atoms with Crippen LogP contribution in [0.5, 0.6) is 0 Å². The van der Waals surface area contributed by atoms with E-state index >= 15 is 0 Å². The number of tetrazole rings is 1. The lowest BCUT2D eigenvalue weighted by Gasteiger charge is -2.24. The summed E-state index contributed by atoms with van der Waals surface area (Å²) in [5.41, 5.74) is 0.0693. The quantitative estimate of drug-likeness (QED) is 0.849. The first-order valence-corrected chi connectivity index (χ1v) is 6.16. The lowest BCUT2D eigenvalue weighted by molar-refractivity contribution is 0.0529. The highest BCUT2D eigenvalue weighted by Crippen LogP contribution is 2.19. The summed E-state index contributed by atoms with van der Waals surface area (Å²) in [4.78, 5) is 0. The van der Waals surface area contributed by atoms with Crippen molar-refractivity contribution >= 4 is 0 Å². The minimum atomic E-state index is 0.0693. The molecule has 0 aromatic carbocycles. The Hall–Kier alpha value is -1.01. The van der Waals surface area contributed by atoms with E-state index in [2.05, 4.69) is 41.6 Å². The third kappa shape index (κ3) is 3.47. The van der Waals surface area contributed by atoms with E-state index in [9.17, 15) is 0 Å². The smallest absolute Gasteiger partial charge is 0.165 e. The molecule has 0 spiro atoms. The van der Waals surface area contributed by atoms with Gasteiger partial charge in [0.25, 0.3) is 0 Å². The second kappa shape index (κ2) is 5.10. The van der Waals surface area contributed by atoms with E-state index in [0.29, 0.717) is 13.2 Å². The van der Waals surface area contributed by atoms with Crippen molar-refractivity contribution in [3.8, 4) is 0 Å². The van der Waals surface area contributed by atoms with Gasteiger partial charge in [0.05, 0.1) is 19.2 Å². The van der Waals surface area contributed by atoms with Crippen molar-refractivity contribution in [2.75, 3.05) is 13.2 Å². The maximum atomic E-state index is 5.47. The van der Waals surface area contributed by atoms with Gasteiger partial charge < -0.3 is 10.1 Å². The summed E-state index contributed by atoms with van der Waals surface area (Å²) < 4.78 is 7.37. The lowest BCUT2D eigenvalue weighted by atomic mass is 10.1. The third-order valence-corrected chi connectivity index (χ3v) is 2.82. The van der Waals surface area contributed by atoms with Crippen molar-refractivity contribution in [3.63, 3.8) is 0 Å². The number of rotatable bonds is 3. The molecule has 0 aliphatic carbocycles. The Morgan fingerprint density at radius 2 is 2.29 bits per heavy atom. The van der Waals surface area contributed by atoms with Crippen molar-refractivity contribution < 1.29 is 4.74 Å². The molecule has 1 aliphatic rings. The molecule has 1 N–H and O–H groups in total. The Bertz CT molecular complexity index is 351. The third-order valence-electron chi connectivity index (χ3n) is 2.82. The highest BCUT2D eigenvalue weighted by Gasteiger charge is 2.21. The van der Waals surface area contributed by atoms with Crippen LogP contribution in [0.15, 0.2) is 0 Å². The van der Waals surface area contributed by atoms with Gasteiger partial charge in [-0.2, -0.15) is 0 Å². The highest BCUT2D eigenvalue weighted by atomic mass is 16.5. The average Bonchev–Trinajstić information content (AvgIpc) is 2.75. The SMILES string of the molecule is CC(C)(C)NCc1nnnn1C1CCCOC1. The normalized spacial score (nSPS) is 21.7. The molecular weight excluding hydrogens is 218 g/mol. The van der Waals surface area contributed by atoms with Crippen LogP contribution >= 0.6 is 0 Å². The minimum absolute atomic E-state index is 0.0693. The molecule has 17 heavy (non-hydrogen) atoms. The van der Waals surface area contributed by atoms with Crippen LogP contribution in [-0.2, 0) is 11.3 Å². The van der Waals surface area contributed by atoms with Gasteiger partial charge in [-0.05, 0) is 44.0 Å². The van der Waals surface area contributed by atoms with Crippen LogP contribution in [0.4, 0.5) is 0 Å². The molecule has 2 rings (SSSR count). The Morgan fingerprint density at radius 3 is 2.94 bits per heavy atom. The molecule has 0 amide bonds. The fraction of sp³-hybridized carbons (Fsp3) is 0.909. The van der Waals surface area contributed by atoms with Crippen LogP contribution in [0.1, 0.15) is 45.5 Å². The Morgan fingerprint density at radius 1 is 1.47 bits per heavy atom. The number of aromatic nitrogens is 4. The summed E-state index contributed by atoms with van der Waals surface area (Å²) in [5.74, 6) is 0.885. The van der Waals surface area contributed by atoms with Gasteiger partial charge in [0.1, 0.15) is 0 Å². The molecule has 96 valence electrons. The molecule has 1 aromatic heterocycles. The number of nitrogens with zero attached hydrogens (tertiary/aromatic N) is 4. The first kappa shape index (κ1) is 12.4. The first-order valence-electron chi connectivity index (χ1n) is 6.16. The molecule has 1 aromatic rings. The molecule has 6 heteroatoms. The van der Waals surface area contributed by atoms with Crippen LogP contribution in [0, 0.1) is 0 Å². The second-order valence-electron chi connectivity index (χ2n) is 5.51. The van der Waals surface area contributed by atoms with Gasteiger partial charge in [-0.3, -0.25) is 0 Å². The van der Waals surface area contributed by atoms with E-state index in [1.54, 1.807) is 0 Å². The van der Waals surface area contributed by atoms with Gasteiger partial charge >= 0.3 is 0 Å². The number of nitrogens with one attached hydrogen (secondary N) is 1. The first-order chi connectivity index (χ1) is 8.06. The molecule has 0 bridgehead atoms. The fourth-order valence-electron chi connectivity index (χ4n) is 1.87. The van der Waals surface area contributed by atoms with E-state index in [0.717, 1.165) is 25.3 Å². The van der Waals surface area contributed by atoms with Crippen molar-refractivity contribution in [2.24, 2.45) is 0 Å². The molecule has 6 nitrogen and oxygen atoms in total. The van der Waals surface area contributed by atoms with Crippen LogP contribution in [0.3, 0.4) is 0 Å². The Labute approximate surface area is 102 Å². The van der Waals surface area contributed by atoms with E-state index in [1.807, 2.05) is 4.68 Å². The average molecular weight is 239 g/mol. The summed E-state index contributed by atoms with van der Waals surface area (Å²) in [6, 6.07) is 0.288. The predicted molar refractivity (Wildman–Crippen MR) is 63.5 cm³/mol. The standard InChI is InChI=1S/C11H21N5O/c1-11(2,3)12-7-10-13-14-15-16(10)9-5-4-6-17-8-9/h9,12H,4-8H2,1-3H3. The maximum Gasteiger partial charge on any atom is 0.165 e. The van der Waals surface area contributed by atoms with Gasteiger partial charge in [-0.1, -0.05) is 0 Å². The van der Waals surface area contributed by atoms with E-state index < -0.39 is 0 Å².